The molecule has 0 spiro atoms. The van der Waals surface area contributed by atoms with Crippen molar-refractivity contribution in [3.05, 3.63) is 29.3 Å². The number of benzene rings is 1. The van der Waals surface area contributed by atoms with Crippen LogP contribution in [0.25, 0.3) is 10.6 Å². The van der Waals surface area contributed by atoms with E-state index in [1.54, 1.807) is 12.5 Å². The first-order valence-corrected chi connectivity index (χ1v) is 6.38. The topological polar surface area (TPSA) is 48.4 Å². The molecule has 0 aliphatic rings. The van der Waals surface area contributed by atoms with Crippen LogP contribution in [0, 0.1) is 0 Å². The number of carbonyl (C=O) groups excluding carboxylic acids is 1. The first-order valence-electron chi connectivity index (χ1n) is 5.50. The number of hydrogen-bond donors (Lipinski definition) is 0. The molecule has 0 unspecified atom stereocenters. The molecule has 0 bridgehead atoms. The second-order valence-corrected chi connectivity index (χ2v) is 4.35. The average molecular weight is 263 g/mol. The monoisotopic (exact) mass is 263 g/mol. The van der Waals surface area contributed by atoms with E-state index in [0.29, 0.717) is 23.8 Å². The Morgan fingerprint density at radius 3 is 2.83 bits per heavy atom. The van der Waals surface area contributed by atoms with Crippen LogP contribution in [0.15, 0.2) is 23.6 Å². The van der Waals surface area contributed by atoms with E-state index >= 15 is 0 Å². The lowest BCUT2D eigenvalue weighted by Crippen LogP contribution is -1.95. The van der Waals surface area contributed by atoms with E-state index in [2.05, 4.69) is 4.98 Å². The van der Waals surface area contributed by atoms with Gasteiger partial charge in [0, 0.05) is 10.9 Å². The molecule has 0 fully saturated rings. The normalized spacial score (nSPS) is 10.1. The van der Waals surface area contributed by atoms with Crippen molar-refractivity contribution in [1.29, 1.82) is 0 Å². The Labute approximate surface area is 109 Å². The molecule has 0 aliphatic carbocycles. The summed E-state index contributed by atoms with van der Waals surface area (Å²) in [4.78, 5) is 14.8. The van der Waals surface area contributed by atoms with E-state index in [-0.39, 0.29) is 0 Å². The summed E-state index contributed by atoms with van der Waals surface area (Å²) in [7, 11) is 1.60. The number of nitrogens with zero attached hydrogens (tertiary/aromatic N) is 1. The van der Waals surface area contributed by atoms with Gasteiger partial charge in [0.15, 0.2) is 17.8 Å². The molecule has 5 heteroatoms. The van der Waals surface area contributed by atoms with Crippen molar-refractivity contribution in [1.82, 2.24) is 4.98 Å². The van der Waals surface area contributed by atoms with E-state index in [1.807, 2.05) is 25.1 Å². The second-order valence-electron chi connectivity index (χ2n) is 3.49. The molecule has 0 aliphatic heterocycles. The quantitative estimate of drug-likeness (QED) is 0.778. The molecule has 0 radical (unpaired) electrons. The fourth-order valence-electron chi connectivity index (χ4n) is 1.55. The van der Waals surface area contributed by atoms with Gasteiger partial charge in [0.2, 0.25) is 0 Å². The van der Waals surface area contributed by atoms with Crippen LogP contribution >= 0.6 is 11.3 Å². The van der Waals surface area contributed by atoms with Gasteiger partial charge in [0.1, 0.15) is 10.7 Å². The lowest BCUT2D eigenvalue weighted by atomic mass is 10.2. The van der Waals surface area contributed by atoms with Crippen LogP contribution in [0.1, 0.15) is 17.4 Å². The van der Waals surface area contributed by atoms with Gasteiger partial charge in [-0.25, -0.2) is 4.98 Å². The number of rotatable bonds is 5. The van der Waals surface area contributed by atoms with Crippen LogP contribution in [-0.2, 0) is 0 Å². The zero-order valence-corrected chi connectivity index (χ0v) is 11.0. The van der Waals surface area contributed by atoms with E-state index in [4.69, 9.17) is 9.47 Å². The van der Waals surface area contributed by atoms with Gasteiger partial charge in [-0.2, -0.15) is 0 Å². The molecule has 1 aromatic heterocycles. The number of carbonyl (C=O) groups is 1. The lowest BCUT2D eigenvalue weighted by molar-refractivity contribution is 0.111. The first kappa shape index (κ1) is 12.6. The van der Waals surface area contributed by atoms with Gasteiger partial charge < -0.3 is 9.47 Å². The number of aldehydes is 1. The minimum absolute atomic E-state index is 0.448. The number of aromatic nitrogens is 1. The summed E-state index contributed by atoms with van der Waals surface area (Å²) in [5.74, 6) is 1.37. The van der Waals surface area contributed by atoms with Gasteiger partial charge in [0.25, 0.3) is 0 Å². The standard InChI is InChI=1S/C13H13NO3S/c1-3-17-12-6-9(4-5-11(12)16-2)13-14-10(7-15)8-18-13/h4-8H,3H2,1-2H3. The average Bonchev–Trinajstić information content (AvgIpc) is 2.88. The molecule has 18 heavy (non-hydrogen) atoms. The molecule has 4 nitrogen and oxygen atoms in total. The highest BCUT2D eigenvalue weighted by Gasteiger charge is 2.09. The highest BCUT2D eigenvalue weighted by Crippen LogP contribution is 2.33. The molecule has 0 saturated heterocycles. The third kappa shape index (κ3) is 2.51. The largest absolute Gasteiger partial charge is 0.493 e. The summed E-state index contributed by atoms with van der Waals surface area (Å²) in [5, 5.41) is 2.52. The predicted octanol–water partition coefficient (Wildman–Crippen LogP) is 3.03. The summed E-state index contributed by atoms with van der Waals surface area (Å²) in [6.45, 7) is 2.48. The maximum Gasteiger partial charge on any atom is 0.169 e. The lowest BCUT2D eigenvalue weighted by Gasteiger charge is -2.09. The number of ether oxygens (including phenoxy) is 2. The summed E-state index contributed by atoms with van der Waals surface area (Å²) in [6, 6.07) is 5.60. The molecular formula is C13H13NO3S. The summed E-state index contributed by atoms with van der Waals surface area (Å²) < 4.78 is 10.7. The maximum atomic E-state index is 10.6. The Morgan fingerprint density at radius 1 is 1.39 bits per heavy atom. The van der Waals surface area contributed by atoms with E-state index in [9.17, 15) is 4.79 Å². The Morgan fingerprint density at radius 2 is 2.22 bits per heavy atom. The zero-order chi connectivity index (χ0) is 13.0. The van der Waals surface area contributed by atoms with Crippen molar-refractivity contribution >= 4 is 17.6 Å². The zero-order valence-electron chi connectivity index (χ0n) is 10.2. The van der Waals surface area contributed by atoms with Crippen LogP contribution < -0.4 is 9.47 Å². The van der Waals surface area contributed by atoms with E-state index < -0.39 is 0 Å². The summed E-state index contributed by atoms with van der Waals surface area (Å²) >= 11 is 1.43. The molecular weight excluding hydrogens is 250 g/mol. The maximum absolute atomic E-state index is 10.6. The van der Waals surface area contributed by atoms with Crippen molar-refractivity contribution in [3.8, 4) is 22.1 Å². The number of methoxy groups -OCH3 is 1. The minimum atomic E-state index is 0.448. The van der Waals surface area contributed by atoms with Crippen molar-refractivity contribution < 1.29 is 14.3 Å². The van der Waals surface area contributed by atoms with E-state index in [1.165, 1.54) is 11.3 Å². The molecule has 0 saturated carbocycles. The van der Waals surface area contributed by atoms with Crippen LogP contribution in [0.5, 0.6) is 11.5 Å². The van der Waals surface area contributed by atoms with Crippen molar-refractivity contribution in [2.45, 2.75) is 6.92 Å². The molecule has 0 amide bonds. The van der Waals surface area contributed by atoms with Gasteiger partial charge >= 0.3 is 0 Å². The second kappa shape index (κ2) is 5.64. The molecule has 1 heterocycles. The van der Waals surface area contributed by atoms with E-state index in [0.717, 1.165) is 16.9 Å². The van der Waals surface area contributed by atoms with Gasteiger partial charge in [-0.1, -0.05) is 0 Å². The van der Waals surface area contributed by atoms with Crippen molar-refractivity contribution in [3.63, 3.8) is 0 Å². The number of thiazole rings is 1. The van der Waals surface area contributed by atoms with Crippen molar-refractivity contribution in [2.75, 3.05) is 13.7 Å². The Balaban J connectivity index is 2.39. The van der Waals surface area contributed by atoms with Gasteiger partial charge in [-0.15, -0.1) is 11.3 Å². The predicted molar refractivity (Wildman–Crippen MR) is 70.7 cm³/mol. The van der Waals surface area contributed by atoms with Crippen LogP contribution in [-0.4, -0.2) is 25.0 Å². The minimum Gasteiger partial charge on any atom is -0.493 e. The fourth-order valence-corrected chi connectivity index (χ4v) is 2.31. The summed E-state index contributed by atoms with van der Waals surface area (Å²) in [5.41, 5.74) is 1.36. The fraction of sp³-hybridized carbons (Fsp3) is 0.231. The first-order chi connectivity index (χ1) is 8.78. The van der Waals surface area contributed by atoms with Crippen LogP contribution in [0.2, 0.25) is 0 Å². The number of hydrogen-bond acceptors (Lipinski definition) is 5. The molecule has 94 valence electrons. The Hall–Kier alpha value is -1.88. The molecule has 1 aromatic carbocycles. The molecule has 2 aromatic rings. The molecule has 2 rings (SSSR count). The third-order valence-corrected chi connectivity index (χ3v) is 3.26. The van der Waals surface area contributed by atoms with Crippen LogP contribution in [0.4, 0.5) is 0 Å². The summed E-state index contributed by atoms with van der Waals surface area (Å²) in [6.07, 6.45) is 0.743. The Kier molecular flexibility index (Phi) is 3.94. The highest BCUT2D eigenvalue weighted by molar-refractivity contribution is 7.13. The van der Waals surface area contributed by atoms with Gasteiger partial charge in [0.05, 0.1) is 13.7 Å². The van der Waals surface area contributed by atoms with Crippen LogP contribution in [0.3, 0.4) is 0 Å². The Bertz CT molecular complexity index is 551. The molecule has 0 atom stereocenters. The van der Waals surface area contributed by atoms with Gasteiger partial charge in [-0.3, -0.25) is 4.79 Å². The van der Waals surface area contributed by atoms with Gasteiger partial charge in [-0.05, 0) is 25.1 Å². The smallest absolute Gasteiger partial charge is 0.169 e. The van der Waals surface area contributed by atoms with Crippen molar-refractivity contribution in [2.24, 2.45) is 0 Å². The third-order valence-electron chi connectivity index (χ3n) is 2.35. The highest BCUT2D eigenvalue weighted by atomic mass is 32.1. The molecule has 0 N–H and O–H groups in total. The SMILES string of the molecule is CCOc1cc(-c2nc(C=O)cs2)ccc1OC.